The minimum Gasteiger partial charge on any atom is -0.505 e. The number of pyridine rings is 1. The van der Waals surface area contributed by atoms with E-state index in [4.69, 9.17) is 5.11 Å². The molecule has 0 aromatic carbocycles. The highest BCUT2D eigenvalue weighted by atomic mass is 19.4. The first-order valence-corrected chi connectivity index (χ1v) is 3.81. The smallest absolute Gasteiger partial charge is 0.433 e. The van der Waals surface area contributed by atoms with E-state index in [0.29, 0.717) is 0 Å². The molecule has 0 atom stereocenters. The van der Waals surface area contributed by atoms with E-state index in [9.17, 15) is 26.7 Å². The van der Waals surface area contributed by atoms with Gasteiger partial charge in [0.25, 0.3) is 6.43 Å². The molecule has 16 heavy (non-hydrogen) atoms. The second-order valence-corrected chi connectivity index (χ2v) is 2.75. The molecule has 0 radical (unpaired) electrons. The molecule has 3 nitrogen and oxygen atoms in total. The molecule has 1 heterocycles. The van der Waals surface area contributed by atoms with E-state index in [2.05, 4.69) is 4.98 Å². The van der Waals surface area contributed by atoms with Crippen LogP contribution in [0.25, 0.3) is 0 Å². The van der Waals surface area contributed by atoms with Crippen LogP contribution in [0, 0.1) is 0 Å². The van der Waals surface area contributed by atoms with Gasteiger partial charge in [0.1, 0.15) is 11.4 Å². The van der Waals surface area contributed by atoms with Gasteiger partial charge in [0.05, 0.1) is 5.56 Å². The molecular formula is C8H4F5NO2. The van der Waals surface area contributed by atoms with Gasteiger partial charge >= 0.3 is 6.18 Å². The van der Waals surface area contributed by atoms with Gasteiger partial charge in [0.2, 0.25) is 0 Å². The fourth-order valence-electron chi connectivity index (χ4n) is 0.972. The van der Waals surface area contributed by atoms with E-state index in [-0.39, 0.29) is 12.4 Å². The lowest BCUT2D eigenvalue weighted by atomic mass is 10.1. The molecular weight excluding hydrogens is 237 g/mol. The highest BCUT2D eigenvalue weighted by Gasteiger charge is 2.35. The van der Waals surface area contributed by atoms with Crippen molar-refractivity contribution in [1.82, 2.24) is 4.98 Å². The third kappa shape index (κ3) is 2.26. The topological polar surface area (TPSA) is 50.2 Å². The van der Waals surface area contributed by atoms with E-state index < -0.39 is 35.3 Å². The molecule has 0 amide bonds. The van der Waals surface area contributed by atoms with Crippen molar-refractivity contribution in [1.29, 1.82) is 0 Å². The lowest BCUT2D eigenvalue weighted by Crippen LogP contribution is -2.11. The molecule has 1 N–H and O–H groups in total. The third-order valence-electron chi connectivity index (χ3n) is 1.69. The number of aromatic nitrogens is 1. The van der Waals surface area contributed by atoms with Gasteiger partial charge in [0, 0.05) is 0 Å². The van der Waals surface area contributed by atoms with Crippen molar-refractivity contribution in [2.75, 3.05) is 0 Å². The zero-order valence-corrected chi connectivity index (χ0v) is 7.42. The van der Waals surface area contributed by atoms with E-state index in [1.807, 2.05) is 0 Å². The van der Waals surface area contributed by atoms with Crippen molar-refractivity contribution in [2.45, 2.75) is 12.6 Å². The minimum atomic E-state index is -4.96. The van der Waals surface area contributed by atoms with Gasteiger partial charge in [-0.2, -0.15) is 13.2 Å². The molecule has 0 aliphatic rings. The van der Waals surface area contributed by atoms with Crippen molar-refractivity contribution in [2.24, 2.45) is 0 Å². The van der Waals surface area contributed by atoms with Crippen LogP contribution < -0.4 is 0 Å². The Bertz CT molecular complexity index is 416. The summed E-state index contributed by atoms with van der Waals surface area (Å²) >= 11 is 0. The predicted molar refractivity (Wildman–Crippen MR) is 41.2 cm³/mol. The molecule has 0 aliphatic heterocycles. The number of hydrogen-bond acceptors (Lipinski definition) is 3. The average molecular weight is 241 g/mol. The molecule has 8 heteroatoms. The van der Waals surface area contributed by atoms with Crippen molar-refractivity contribution in [3.8, 4) is 5.75 Å². The van der Waals surface area contributed by atoms with Crippen molar-refractivity contribution in [3.05, 3.63) is 23.0 Å². The van der Waals surface area contributed by atoms with Crippen LogP contribution in [0.4, 0.5) is 22.0 Å². The van der Waals surface area contributed by atoms with Crippen LogP contribution in [0.2, 0.25) is 0 Å². The molecule has 0 aliphatic carbocycles. The Labute approximate surface area is 85.5 Å². The summed E-state index contributed by atoms with van der Waals surface area (Å²) in [5.41, 5.74) is -3.99. The number of carbonyl (C=O) groups excluding carboxylic acids is 1. The number of hydrogen-bond donors (Lipinski definition) is 1. The van der Waals surface area contributed by atoms with Crippen LogP contribution in [0.5, 0.6) is 5.75 Å². The van der Waals surface area contributed by atoms with E-state index in [0.717, 1.165) is 0 Å². The number of halogens is 5. The number of nitrogens with zero attached hydrogens (tertiary/aromatic N) is 1. The van der Waals surface area contributed by atoms with Crippen molar-refractivity contribution < 1.29 is 31.9 Å². The van der Waals surface area contributed by atoms with Crippen molar-refractivity contribution >= 4 is 6.29 Å². The summed E-state index contributed by atoms with van der Waals surface area (Å²) in [6.07, 6.45) is -8.52. The fraction of sp³-hybridized carbons (Fsp3) is 0.250. The first-order valence-electron chi connectivity index (χ1n) is 3.81. The predicted octanol–water partition coefficient (Wildman–Crippen LogP) is 2.56. The quantitative estimate of drug-likeness (QED) is 0.639. The number of aromatic hydroxyl groups is 1. The first kappa shape index (κ1) is 12.3. The zero-order chi connectivity index (χ0) is 12.5. The molecule has 0 spiro atoms. The highest BCUT2D eigenvalue weighted by Crippen LogP contribution is 2.35. The molecule has 1 rings (SSSR count). The Balaban J connectivity index is 3.46. The largest absolute Gasteiger partial charge is 0.505 e. The number of rotatable bonds is 2. The number of alkyl halides is 5. The van der Waals surface area contributed by atoms with Gasteiger partial charge in [-0.3, -0.25) is 4.79 Å². The fourth-order valence-corrected chi connectivity index (χ4v) is 0.972. The van der Waals surface area contributed by atoms with Gasteiger partial charge in [-0.1, -0.05) is 0 Å². The third-order valence-corrected chi connectivity index (χ3v) is 1.69. The monoisotopic (exact) mass is 241 g/mol. The maximum atomic E-state index is 12.2. The van der Waals surface area contributed by atoms with Crippen molar-refractivity contribution in [3.63, 3.8) is 0 Å². The summed E-state index contributed by atoms with van der Waals surface area (Å²) < 4.78 is 61.0. The van der Waals surface area contributed by atoms with Gasteiger partial charge < -0.3 is 5.11 Å². The molecule has 0 unspecified atom stereocenters. The summed E-state index contributed by atoms with van der Waals surface area (Å²) in [5.74, 6) is -1.24. The van der Waals surface area contributed by atoms with E-state index in [1.165, 1.54) is 0 Å². The van der Waals surface area contributed by atoms with Gasteiger partial charge in [0.15, 0.2) is 12.0 Å². The maximum Gasteiger partial charge on any atom is 0.433 e. The number of aldehydes is 1. The van der Waals surface area contributed by atoms with Crippen LogP contribution in [0.3, 0.4) is 0 Å². The van der Waals surface area contributed by atoms with Gasteiger partial charge in [-0.15, -0.1) is 0 Å². The minimum absolute atomic E-state index is 0.00694. The average Bonchev–Trinajstić information content (AvgIpc) is 2.15. The van der Waals surface area contributed by atoms with Crippen LogP contribution in [0.1, 0.15) is 28.2 Å². The summed E-state index contributed by atoms with van der Waals surface area (Å²) in [6.45, 7) is 0. The molecule has 0 saturated carbocycles. The Kier molecular flexibility index (Phi) is 3.11. The highest BCUT2D eigenvalue weighted by molar-refractivity contribution is 5.77. The normalized spacial score (nSPS) is 11.9. The Morgan fingerprint density at radius 3 is 2.31 bits per heavy atom. The van der Waals surface area contributed by atoms with Crippen LogP contribution in [-0.4, -0.2) is 16.4 Å². The van der Waals surface area contributed by atoms with E-state index in [1.54, 1.807) is 0 Å². The Morgan fingerprint density at radius 1 is 1.38 bits per heavy atom. The van der Waals surface area contributed by atoms with Crippen LogP contribution >= 0.6 is 0 Å². The lowest BCUT2D eigenvalue weighted by Gasteiger charge is -2.10. The Hall–Kier alpha value is -1.73. The number of carbonyl (C=O) groups is 1. The van der Waals surface area contributed by atoms with E-state index >= 15 is 0 Å². The summed E-state index contributed by atoms with van der Waals surface area (Å²) in [4.78, 5) is 13.0. The SMILES string of the molecule is O=Cc1nc(C(F)(F)F)cc(C(F)F)c1O. The summed E-state index contributed by atoms with van der Waals surface area (Å²) in [7, 11) is 0. The molecule has 0 bridgehead atoms. The molecule has 1 aromatic rings. The Morgan fingerprint density at radius 2 is 1.94 bits per heavy atom. The standard InChI is InChI=1S/C8H4F5NO2/c9-7(10)3-1-5(8(11,12)13)14-4(2-15)6(3)16/h1-2,7,16H. The second kappa shape index (κ2) is 4.03. The molecule has 88 valence electrons. The molecule has 0 fully saturated rings. The lowest BCUT2D eigenvalue weighted by molar-refractivity contribution is -0.141. The van der Waals surface area contributed by atoms with Gasteiger partial charge in [-0.25, -0.2) is 13.8 Å². The molecule has 0 saturated heterocycles. The van der Waals surface area contributed by atoms with Crippen LogP contribution in [-0.2, 0) is 6.18 Å². The van der Waals surface area contributed by atoms with Crippen LogP contribution in [0.15, 0.2) is 6.07 Å². The summed E-state index contributed by atoms with van der Waals surface area (Å²) in [5, 5.41) is 9.01. The first-order chi connectivity index (χ1) is 7.27. The van der Waals surface area contributed by atoms with Gasteiger partial charge in [-0.05, 0) is 6.07 Å². The summed E-state index contributed by atoms with van der Waals surface area (Å²) in [6, 6.07) is 0.00694. The second-order valence-electron chi connectivity index (χ2n) is 2.75. The molecule has 1 aromatic heterocycles. The zero-order valence-electron chi connectivity index (χ0n) is 7.42. The maximum absolute atomic E-state index is 12.2.